The summed E-state index contributed by atoms with van der Waals surface area (Å²) < 4.78 is 17.3. The Kier molecular flexibility index (Phi) is 8.28. The molecule has 0 radical (unpaired) electrons. The molecule has 190 valence electrons. The van der Waals surface area contributed by atoms with Gasteiger partial charge in [0, 0.05) is 45.8 Å². The first kappa shape index (κ1) is 24.5. The lowest BCUT2D eigenvalue weighted by atomic mass is 10.2. The first-order valence-corrected chi connectivity index (χ1v) is 12.8. The normalized spacial score (nSPS) is 16.5. The van der Waals surface area contributed by atoms with Crippen LogP contribution in [0.1, 0.15) is 34.8 Å². The number of para-hydroxylation sites is 1. The fourth-order valence-corrected chi connectivity index (χ4v) is 4.67. The highest BCUT2D eigenvalue weighted by molar-refractivity contribution is 5.92. The highest BCUT2D eigenvalue weighted by Crippen LogP contribution is 2.23. The molecule has 1 amide bonds. The Labute approximate surface area is 212 Å². The summed E-state index contributed by atoms with van der Waals surface area (Å²) in [7, 11) is 0. The van der Waals surface area contributed by atoms with Crippen LogP contribution in [0.5, 0.6) is 11.5 Å². The molecule has 0 saturated carbocycles. The summed E-state index contributed by atoms with van der Waals surface area (Å²) in [6, 6.07) is 18.0. The van der Waals surface area contributed by atoms with Crippen LogP contribution in [0, 0.1) is 0 Å². The lowest BCUT2D eigenvalue weighted by molar-refractivity contribution is 0.0320. The molecule has 2 aliphatic heterocycles. The molecule has 2 saturated heterocycles. The zero-order chi connectivity index (χ0) is 24.6. The van der Waals surface area contributed by atoms with Crippen LogP contribution in [0.4, 0.5) is 0 Å². The molecule has 0 N–H and O–H groups in total. The topological polar surface area (TPSA) is 71.3 Å². The summed E-state index contributed by atoms with van der Waals surface area (Å²) in [4.78, 5) is 23.9. The van der Waals surface area contributed by atoms with E-state index in [1.165, 1.54) is 6.26 Å². The van der Waals surface area contributed by atoms with E-state index in [1.807, 2.05) is 47.4 Å². The second-order valence-electron chi connectivity index (χ2n) is 9.35. The SMILES string of the molecule is O=C(c1coc(CN(CCN2CCOCC2)Cc2cccc(Oc3ccccc3)c2)n1)N1CCCC1. The third-order valence-corrected chi connectivity index (χ3v) is 6.64. The van der Waals surface area contributed by atoms with E-state index in [0.717, 1.165) is 82.4 Å². The second kappa shape index (κ2) is 12.2. The van der Waals surface area contributed by atoms with Gasteiger partial charge in [-0.3, -0.25) is 14.6 Å². The highest BCUT2D eigenvalue weighted by Gasteiger charge is 2.23. The van der Waals surface area contributed by atoms with Crippen molar-refractivity contribution in [3.05, 3.63) is 78.0 Å². The Morgan fingerprint density at radius 3 is 2.53 bits per heavy atom. The fourth-order valence-electron chi connectivity index (χ4n) is 4.67. The van der Waals surface area contributed by atoms with Gasteiger partial charge in [-0.2, -0.15) is 0 Å². The second-order valence-corrected chi connectivity index (χ2v) is 9.35. The molecular weight excluding hydrogens is 456 g/mol. The van der Waals surface area contributed by atoms with Crippen LogP contribution in [0.2, 0.25) is 0 Å². The van der Waals surface area contributed by atoms with Crippen molar-refractivity contribution in [2.24, 2.45) is 0 Å². The number of carbonyl (C=O) groups excluding carboxylic acids is 1. The molecule has 0 atom stereocenters. The predicted octanol–water partition coefficient (Wildman–Crippen LogP) is 4.04. The average molecular weight is 491 g/mol. The van der Waals surface area contributed by atoms with Gasteiger partial charge in [-0.1, -0.05) is 30.3 Å². The molecule has 0 spiro atoms. The van der Waals surface area contributed by atoms with E-state index in [4.69, 9.17) is 13.9 Å². The third kappa shape index (κ3) is 6.72. The Bertz CT molecular complexity index is 1110. The Hall–Kier alpha value is -3.20. The number of ether oxygens (including phenoxy) is 2. The van der Waals surface area contributed by atoms with Crippen molar-refractivity contribution < 1.29 is 18.7 Å². The van der Waals surface area contributed by atoms with E-state index in [1.54, 1.807) is 0 Å². The summed E-state index contributed by atoms with van der Waals surface area (Å²) in [5.74, 6) is 2.15. The summed E-state index contributed by atoms with van der Waals surface area (Å²) in [6.07, 6.45) is 3.61. The van der Waals surface area contributed by atoms with Crippen LogP contribution in [0.3, 0.4) is 0 Å². The van der Waals surface area contributed by atoms with Gasteiger partial charge in [0.2, 0.25) is 5.89 Å². The Balaban J connectivity index is 1.26. The van der Waals surface area contributed by atoms with Crippen LogP contribution >= 0.6 is 0 Å². The molecule has 2 aliphatic rings. The maximum Gasteiger partial charge on any atom is 0.275 e. The van der Waals surface area contributed by atoms with E-state index < -0.39 is 0 Å². The van der Waals surface area contributed by atoms with Gasteiger partial charge in [-0.25, -0.2) is 4.98 Å². The molecule has 36 heavy (non-hydrogen) atoms. The summed E-state index contributed by atoms with van der Waals surface area (Å²) in [5, 5.41) is 0. The quantitative estimate of drug-likeness (QED) is 0.425. The van der Waals surface area contributed by atoms with Crippen molar-refractivity contribution in [3.63, 3.8) is 0 Å². The predicted molar refractivity (Wildman–Crippen MR) is 136 cm³/mol. The highest BCUT2D eigenvalue weighted by atomic mass is 16.5. The molecule has 2 aromatic carbocycles. The molecule has 0 aliphatic carbocycles. The largest absolute Gasteiger partial charge is 0.457 e. The first-order chi connectivity index (χ1) is 17.7. The maximum absolute atomic E-state index is 12.7. The van der Waals surface area contributed by atoms with Gasteiger partial charge in [-0.15, -0.1) is 0 Å². The molecule has 8 heteroatoms. The number of rotatable bonds is 10. The number of benzene rings is 2. The minimum absolute atomic E-state index is 0.0341. The van der Waals surface area contributed by atoms with Gasteiger partial charge in [-0.05, 0) is 42.7 Å². The molecule has 3 aromatic rings. The number of nitrogens with zero attached hydrogens (tertiary/aromatic N) is 4. The van der Waals surface area contributed by atoms with Crippen molar-refractivity contribution in [3.8, 4) is 11.5 Å². The number of oxazole rings is 1. The van der Waals surface area contributed by atoms with E-state index >= 15 is 0 Å². The van der Waals surface area contributed by atoms with Crippen LogP contribution in [0.15, 0.2) is 65.3 Å². The average Bonchev–Trinajstić information content (AvgIpc) is 3.61. The van der Waals surface area contributed by atoms with Gasteiger partial charge < -0.3 is 18.8 Å². The number of aromatic nitrogens is 1. The maximum atomic E-state index is 12.7. The smallest absolute Gasteiger partial charge is 0.275 e. The van der Waals surface area contributed by atoms with Crippen LogP contribution < -0.4 is 4.74 Å². The summed E-state index contributed by atoms with van der Waals surface area (Å²) >= 11 is 0. The number of hydrogen-bond donors (Lipinski definition) is 0. The minimum atomic E-state index is -0.0341. The van der Waals surface area contributed by atoms with E-state index in [0.29, 0.717) is 24.7 Å². The molecule has 0 bridgehead atoms. The van der Waals surface area contributed by atoms with Crippen molar-refractivity contribution in [2.45, 2.75) is 25.9 Å². The minimum Gasteiger partial charge on any atom is -0.457 e. The van der Waals surface area contributed by atoms with Crippen LogP contribution in [-0.2, 0) is 17.8 Å². The molecule has 2 fully saturated rings. The zero-order valence-corrected chi connectivity index (χ0v) is 20.7. The van der Waals surface area contributed by atoms with Crippen molar-refractivity contribution in [2.75, 3.05) is 52.5 Å². The number of hydrogen-bond acceptors (Lipinski definition) is 7. The van der Waals surface area contributed by atoms with E-state index in [-0.39, 0.29) is 5.91 Å². The van der Waals surface area contributed by atoms with Crippen LogP contribution in [-0.4, -0.2) is 78.1 Å². The van der Waals surface area contributed by atoms with Crippen LogP contribution in [0.25, 0.3) is 0 Å². The standard InChI is InChI=1S/C28H34N4O4/c33-28(32-11-4-5-12-32)26-22-35-27(29-26)21-31(14-13-30-15-17-34-18-16-30)20-23-7-6-10-25(19-23)36-24-8-2-1-3-9-24/h1-3,6-10,19,22H,4-5,11-18,20-21H2. The first-order valence-electron chi connectivity index (χ1n) is 12.8. The van der Waals surface area contributed by atoms with Crippen molar-refractivity contribution in [1.29, 1.82) is 0 Å². The molecule has 0 unspecified atom stereocenters. The molecule has 3 heterocycles. The lowest BCUT2D eigenvalue weighted by Crippen LogP contribution is -2.41. The van der Waals surface area contributed by atoms with E-state index in [9.17, 15) is 4.79 Å². The van der Waals surface area contributed by atoms with Gasteiger partial charge in [0.15, 0.2) is 5.69 Å². The number of amides is 1. The monoisotopic (exact) mass is 490 g/mol. The molecule has 1 aromatic heterocycles. The zero-order valence-electron chi connectivity index (χ0n) is 20.7. The lowest BCUT2D eigenvalue weighted by Gasteiger charge is -2.29. The molecule has 5 rings (SSSR count). The summed E-state index contributed by atoms with van der Waals surface area (Å²) in [5.41, 5.74) is 1.55. The fraction of sp³-hybridized carbons (Fsp3) is 0.429. The Morgan fingerprint density at radius 2 is 1.72 bits per heavy atom. The van der Waals surface area contributed by atoms with Gasteiger partial charge in [0.25, 0.3) is 5.91 Å². The molecular formula is C28H34N4O4. The van der Waals surface area contributed by atoms with Gasteiger partial charge >= 0.3 is 0 Å². The summed E-state index contributed by atoms with van der Waals surface area (Å²) in [6.45, 7) is 8.08. The number of morpholine rings is 1. The van der Waals surface area contributed by atoms with Gasteiger partial charge in [0.05, 0.1) is 19.8 Å². The third-order valence-electron chi connectivity index (χ3n) is 6.64. The van der Waals surface area contributed by atoms with Crippen molar-refractivity contribution >= 4 is 5.91 Å². The van der Waals surface area contributed by atoms with Gasteiger partial charge in [0.1, 0.15) is 17.8 Å². The number of likely N-dealkylation sites (tertiary alicyclic amines) is 1. The van der Waals surface area contributed by atoms with E-state index in [2.05, 4.69) is 26.9 Å². The van der Waals surface area contributed by atoms with Crippen molar-refractivity contribution in [1.82, 2.24) is 19.7 Å². The Morgan fingerprint density at radius 1 is 0.944 bits per heavy atom. The molecule has 8 nitrogen and oxygen atoms in total. The number of carbonyl (C=O) groups is 1.